The Labute approximate surface area is 313 Å². The van der Waals surface area contributed by atoms with E-state index in [-0.39, 0.29) is 35.4 Å². The van der Waals surface area contributed by atoms with Crippen molar-refractivity contribution in [2.24, 2.45) is 5.92 Å². The molecule has 4 N–H and O–H groups in total. The van der Waals surface area contributed by atoms with Crippen LogP contribution in [0.3, 0.4) is 0 Å². The zero-order valence-electron chi connectivity index (χ0n) is 30.3. The highest BCUT2D eigenvalue weighted by molar-refractivity contribution is 7.98. The molecule has 1 aliphatic heterocycles. The van der Waals surface area contributed by atoms with Crippen LogP contribution >= 0.6 is 11.9 Å². The number of hydrogen-bond donors (Lipinski definition) is 4. The van der Waals surface area contributed by atoms with Gasteiger partial charge in [0.15, 0.2) is 0 Å². The van der Waals surface area contributed by atoms with Crippen LogP contribution in [-0.4, -0.2) is 70.1 Å². The van der Waals surface area contributed by atoms with E-state index in [0.717, 1.165) is 48.5 Å². The zero-order valence-corrected chi connectivity index (χ0v) is 31.1. The molecule has 1 unspecified atom stereocenters. The maximum Gasteiger partial charge on any atom is 0.255 e. The van der Waals surface area contributed by atoms with Crippen molar-refractivity contribution in [3.63, 3.8) is 0 Å². The molecule has 3 aliphatic rings. The van der Waals surface area contributed by atoms with E-state index < -0.39 is 0 Å². The fraction of sp³-hybridized carbons (Fsp3) is 0.375. The number of terminal acetylenes is 3. The largest absolute Gasteiger partial charge is 0.497 e. The number of aromatic amines is 1. The highest BCUT2D eigenvalue weighted by Gasteiger charge is 2.39. The first-order valence-corrected chi connectivity index (χ1v) is 17.5. The number of carbonyl (C=O) groups is 3. The molecule has 0 spiro atoms. The van der Waals surface area contributed by atoms with Gasteiger partial charge in [0.2, 0.25) is 18.2 Å². The molecule has 2 atom stereocenters. The van der Waals surface area contributed by atoms with Crippen LogP contribution in [0.25, 0.3) is 10.8 Å². The number of ether oxygens (including phenoxy) is 1. The van der Waals surface area contributed by atoms with Gasteiger partial charge in [-0.3, -0.25) is 19.2 Å². The van der Waals surface area contributed by atoms with E-state index in [4.69, 9.17) is 4.74 Å². The molecule has 11 nitrogen and oxygen atoms in total. The molecule has 52 heavy (non-hydrogen) atoms. The second-order valence-electron chi connectivity index (χ2n) is 11.4. The molecule has 1 saturated heterocycles. The number of nitrogens with one attached hydrogen (secondary N) is 4. The molecule has 3 fully saturated rings. The quantitative estimate of drug-likeness (QED) is 0.0938. The lowest BCUT2D eigenvalue weighted by atomic mass is 10.0. The number of anilines is 1. The Morgan fingerprint density at radius 2 is 1.69 bits per heavy atom. The molecule has 2 saturated carbocycles. The molecule has 278 valence electrons. The molecule has 0 bridgehead atoms. The minimum Gasteiger partial charge on any atom is -0.497 e. The summed E-state index contributed by atoms with van der Waals surface area (Å²) in [7, 11) is 1.61. The Bertz CT molecular complexity index is 1580. The Hall–Kier alpha value is -5.64. The van der Waals surface area contributed by atoms with Gasteiger partial charge < -0.3 is 30.0 Å². The van der Waals surface area contributed by atoms with Crippen molar-refractivity contribution >= 4 is 46.8 Å². The Kier molecular flexibility index (Phi) is 24.2. The van der Waals surface area contributed by atoms with Crippen molar-refractivity contribution in [1.82, 2.24) is 24.9 Å². The van der Waals surface area contributed by atoms with Crippen LogP contribution in [0.4, 0.5) is 5.82 Å². The number of pyridine rings is 2. The topological polar surface area (TPSA) is 146 Å². The summed E-state index contributed by atoms with van der Waals surface area (Å²) in [6.07, 6.45) is 34.3. The first-order valence-electron chi connectivity index (χ1n) is 16.6. The maximum atomic E-state index is 13.1. The van der Waals surface area contributed by atoms with Gasteiger partial charge in [-0.15, -0.1) is 51.7 Å². The van der Waals surface area contributed by atoms with E-state index >= 15 is 0 Å². The molecule has 3 amide bonds. The van der Waals surface area contributed by atoms with E-state index in [1.165, 1.54) is 24.8 Å². The number of nitrogens with zero attached hydrogens (tertiary/aromatic N) is 2. The van der Waals surface area contributed by atoms with Gasteiger partial charge in [-0.25, -0.2) is 4.98 Å². The maximum absolute atomic E-state index is 13.1. The molecule has 1 aromatic carbocycles. The van der Waals surface area contributed by atoms with E-state index in [1.54, 1.807) is 36.5 Å². The molecule has 12 heteroatoms. The predicted molar refractivity (Wildman–Crippen MR) is 214 cm³/mol. The van der Waals surface area contributed by atoms with Crippen LogP contribution in [0.2, 0.25) is 0 Å². The second kappa shape index (κ2) is 27.1. The van der Waals surface area contributed by atoms with Gasteiger partial charge in [0.25, 0.3) is 5.56 Å². The summed E-state index contributed by atoms with van der Waals surface area (Å²) in [4.78, 5) is 55.0. The highest BCUT2D eigenvalue weighted by atomic mass is 32.2. The Balaban J connectivity index is 0.000000777. The summed E-state index contributed by atoms with van der Waals surface area (Å²) in [6, 6.07) is 12.4. The van der Waals surface area contributed by atoms with Crippen molar-refractivity contribution in [2.45, 2.75) is 75.7 Å². The van der Waals surface area contributed by atoms with Gasteiger partial charge in [0.1, 0.15) is 23.7 Å². The molecule has 3 aromatic rings. The summed E-state index contributed by atoms with van der Waals surface area (Å²) in [6.45, 7) is 10.7. The second-order valence-corrected chi connectivity index (χ2v) is 12.5. The van der Waals surface area contributed by atoms with E-state index in [1.807, 2.05) is 44.2 Å². The number of amides is 3. The highest BCUT2D eigenvalue weighted by Crippen LogP contribution is 2.31. The van der Waals surface area contributed by atoms with Crippen LogP contribution in [0.5, 0.6) is 5.75 Å². The molecular formula is C40H52N6O5S. The number of rotatable bonds is 10. The van der Waals surface area contributed by atoms with Crippen LogP contribution < -0.4 is 25.7 Å². The first-order chi connectivity index (χ1) is 25.3. The van der Waals surface area contributed by atoms with Crippen LogP contribution in [0.15, 0.2) is 72.8 Å². The van der Waals surface area contributed by atoms with Gasteiger partial charge in [-0.05, 0) is 98.2 Å². The normalized spacial score (nSPS) is 15.3. The number of fused-ring (bicyclic) bond motifs is 1. The van der Waals surface area contributed by atoms with Crippen molar-refractivity contribution < 1.29 is 19.1 Å². The van der Waals surface area contributed by atoms with Crippen LogP contribution in [0, 0.1) is 44.5 Å². The van der Waals surface area contributed by atoms with Crippen LogP contribution in [0.1, 0.15) is 52.4 Å². The summed E-state index contributed by atoms with van der Waals surface area (Å²) < 4.78 is 7.60. The predicted octanol–water partition coefficient (Wildman–Crippen LogP) is 5.42. The fourth-order valence-corrected chi connectivity index (χ4v) is 5.35. The number of methoxy groups -OCH3 is 1. The lowest BCUT2D eigenvalue weighted by molar-refractivity contribution is -0.139. The van der Waals surface area contributed by atoms with Crippen molar-refractivity contribution in [3.8, 4) is 44.3 Å². The summed E-state index contributed by atoms with van der Waals surface area (Å²) in [5.41, 5.74) is -0.0693. The number of likely N-dealkylation sites (tertiary alicyclic amines) is 1. The van der Waals surface area contributed by atoms with E-state index in [9.17, 15) is 19.2 Å². The van der Waals surface area contributed by atoms with Gasteiger partial charge in [0.05, 0.1) is 7.11 Å². The zero-order chi connectivity index (χ0) is 39.5. The number of benzene rings is 1. The monoisotopic (exact) mass is 728 g/mol. The fourth-order valence-electron chi connectivity index (χ4n) is 4.74. The third-order valence-corrected chi connectivity index (χ3v) is 8.49. The third kappa shape index (κ3) is 16.4. The molecule has 2 aliphatic carbocycles. The van der Waals surface area contributed by atoms with Crippen molar-refractivity contribution in [2.75, 3.05) is 19.0 Å². The Morgan fingerprint density at radius 3 is 2.23 bits per heavy atom. The molecular weight excluding hydrogens is 677 g/mol. The first kappa shape index (κ1) is 46.4. The number of carbonyl (C=O) groups excluding carboxylic acids is 3. The van der Waals surface area contributed by atoms with E-state index in [2.05, 4.69) is 77.0 Å². The lowest BCUT2D eigenvalue weighted by Gasteiger charge is -2.30. The molecule has 3 heterocycles. The van der Waals surface area contributed by atoms with E-state index in [0.29, 0.717) is 23.8 Å². The minimum atomic E-state index is -0.380. The Morgan fingerprint density at radius 1 is 1.02 bits per heavy atom. The SMILES string of the molecule is C#C.C#C.C#C.C=C.CC(C)C(Nc1ccccn1)C(=O)N1CCC[C@H]1C(=O)NC1CC1.COc1ccc2c(=O)[nH]ccc2c1.O=CNSC1CC1. The lowest BCUT2D eigenvalue weighted by Crippen LogP contribution is -2.52. The molecule has 0 radical (unpaired) electrons. The average molecular weight is 729 g/mol. The van der Waals surface area contributed by atoms with Gasteiger partial charge in [0, 0.05) is 35.6 Å². The number of H-pyrrole nitrogens is 1. The minimum absolute atomic E-state index is 0.00342. The van der Waals surface area contributed by atoms with Crippen LogP contribution in [-0.2, 0) is 14.4 Å². The van der Waals surface area contributed by atoms with Gasteiger partial charge in [-0.2, -0.15) is 0 Å². The third-order valence-electron chi connectivity index (χ3n) is 7.45. The van der Waals surface area contributed by atoms with Crippen molar-refractivity contribution in [1.29, 1.82) is 0 Å². The summed E-state index contributed by atoms with van der Waals surface area (Å²) in [5, 5.41) is 8.57. The molecule has 6 rings (SSSR count). The summed E-state index contributed by atoms with van der Waals surface area (Å²) >= 11 is 1.52. The smallest absolute Gasteiger partial charge is 0.255 e. The molecule has 2 aromatic heterocycles. The number of aromatic nitrogens is 2. The standard InChI is InChI=1S/C18H26N4O2.C10H9NO2.C4H7NOS.C2H4.3C2H2/c1-12(2)16(21-15-7-3-4-10-19-15)18(24)22-11-5-6-14(22)17(23)20-13-8-9-13;1-13-8-2-3-9-7(6-8)4-5-11-10(9)12;6-3-5-7-4-1-2-4;4*1-2/h3-4,7,10,12-14,16H,5-6,8-9,11H2,1-2H3,(H,19,21)(H,20,23);2-6H,1H3,(H,11,12);3-4H,1-2H2,(H,5,6);1-2H2;3*1-2H/t14-,16?;;;;;;/m0....../s1. The summed E-state index contributed by atoms with van der Waals surface area (Å²) in [5.74, 6) is 1.54. The van der Waals surface area contributed by atoms with Crippen molar-refractivity contribution in [3.05, 3.63) is 78.4 Å². The number of hydrogen-bond acceptors (Lipinski definition) is 8. The van der Waals surface area contributed by atoms with Gasteiger partial charge >= 0.3 is 0 Å². The average Bonchev–Trinajstić information content (AvgIpc) is 4.15. The van der Waals surface area contributed by atoms with Gasteiger partial charge in [-0.1, -0.05) is 19.9 Å².